The zero-order valence-electron chi connectivity index (χ0n) is 12.7. The Balaban J connectivity index is 1.89. The molecule has 2 aromatic rings. The first-order valence-corrected chi connectivity index (χ1v) is 7.27. The van der Waals surface area contributed by atoms with E-state index in [4.69, 9.17) is 16.3 Å². The Labute approximate surface area is 134 Å². The quantitative estimate of drug-likeness (QED) is 0.791. The summed E-state index contributed by atoms with van der Waals surface area (Å²) in [5, 5.41) is 13.0. The summed E-state index contributed by atoms with van der Waals surface area (Å²) in [6, 6.07) is 6.66. The fraction of sp³-hybridized carbons (Fsp3) is 0.333. The van der Waals surface area contributed by atoms with Crippen molar-refractivity contribution in [2.75, 3.05) is 12.4 Å². The summed E-state index contributed by atoms with van der Waals surface area (Å²) in [6.45, 7) is 3.85. The number of amides is 2. The molecule has 7 heteroatoms. The van der Waals surface area contributed by atoms with E-state index in [-0.39, 0.29) is 12.1 Å². The normalized spacial score (nSPS) is 11.8. The highest BCUT2D eigenvalue weighted by Gasteiger charge is 2.11. The van der Waals surface area contributed by atoms with Gasteiger partial charge in [-0.05, 0) is 32.0 Å². The molecule has 1 heterocycles. The molecule has 0 bridgehead atoms. The zero-order chi connectivity index (χ0) is 16.1. The van der Waals surface area contributed by atoms with Crippen LogP contribution < -0.4 is 15.4 Å². The van der Waals surface area contributed by atoms with Crippen LogP contribution in [0.3, 0.4) is 0 Å². The second kappa shape index (κ2) is 7.17. The van der Waals surface area contributed by atoms with Crippen molar-refractivity contribution in [3.63, 3.8) is 0 Å². The van der Waals surface area contributed by atoms with Gasteiger partial charge in [-0.1, -0.05) is 11.6 Å². The van der Waals surface area contributed by atoms with Gasteiger partial charge in [0.2, 0.25) is 0 Å². The first-order valence-electron chi connectivity index (χ1n) is 6.90. The van der Waals surface area contributed by atoms with Crippen molar-refractivity contribution in [2.24, 2.45) is 0 Å². The van der Waals surface area contributed by atoms with Crippen LogP contribution in [0.25, 0.3) is 0 Å². The van der Waals surface area contributed by atoms with Crippen LogP contribution in [0.5, 0.6) is 5.75 Å². The summed E-state index contributed by atoms with van der Waals surface area (Å²) in [5.41, 5.74) is 2.44. The van der Waals surface area contributed by atoms with Gasteiger partial charge in [-0.15, -0.1) is 0 Å². The fourth-order valence-electron chi connectivity index (χ4n) is 2.05. The Kier molecular flexibility index (Phi) is 5.27. The Morgan fingerprint density at radius 1 is 1.45 bits per heavy atom. The largest absolute Gasteiger partial charge is 0.497 e. The Bertz CT molecular complexity index is 657. The maximum Gasteiger partial charge on any atom is 0.319 e. The van der Waals surface area contributed by atoms with Gasteiger partial charge in [-0.2, -0.15) is 5.10 Å². The number of nitrogens with zero attached hydrogens (tertiary/aromatic N) is 1. The van der Waals surface area contributed by atoms with Crippen molar-refractivity contribution in [3.8, 4) is 5.75 Å². The molecule has 6 nitrogen and oxygen atoms in total. The van der Waals surface area contributed by atoms with Crippen molar-refractivity contribution in [1.29, 1.82) is 0 Å². The minimum Gasteiger partial charge on any atom is -0.497 e. The summed E-state index contributed by atoms with van der Waals surface area (Å²) in [7, 11) is 1.56. The molecule has 0 spiro atoms. The van der Waals surface area contributed by atoms with Gasteiger partial charge in [-0.25, -0.2) is 4.79 Å². The molecule has 2 rings (SSSR count). The lowest BCUT2D eigenvalue weighted by molar-refractivity contribution is 0.249. The highest BCUT2D eigenvalue weighted by Crippen LogP contribution is 2.26. The van der Waals surface area contributed by atoms with Crippen molar-refractivity contribution in [1.82, 2.24) is 15.5 Å². The number of methoxy groups -OCH3 is 1. The van der Waals surface area contributed by atoms with Crippen LogP contribution in [0, 0.1) is 6.92 Å². The second-order valence-corrected chi connectivity index (χ2v) is 5.50. The van der Waals surface area contributed by atoms with Crippen LogP contribution in [0.2, 0.25) is 5.02 Å². The molecule has 0 fully saturated rings. The molecule has 0 saturated carbocycles. The minimum absolute atomic E-state index is 0.0558. The topological polar surface area (TPSA) is 79.0 Å². The Morgan fingerprint density at radius 3 is 2.82 bits per heavy atom. The summed E-state index contributed by atoms with van der Waals surface area (Å²) < 4.78 is 5.07. The highest BCUT2D eigenvalue weighted by molar-refractivity contribution is 6.33. The number of carbonyl (C=O) groups is 1. The average Bonchev–Trinajstić information content (AvgIpc) is 2.86. The van der Waals surface area contributed by atoms with Crippen molar-refractivity contribution in [3.05, 3.63) is 40.7 Å². The number of nitrogens with one attached hydrogen (secondary N) is 3. The standard InChI is InChI=1S/C15H19ClN4O2/c1-9(6-11-7-10(2)19-20-11)17-15(21)18-14-5-4-12(22-3)8-13(14)16/h4-5,7-9H,6H2,1-3H3,(H,19,20)(H2,17,18,21)/t9-/m1/s1. The molecule has 0 unspecified atom stereocenters. The number of aromatic amines is 1. The molecule has 1 aromatic heterocycles. The molecule has 1 aromatic carbocycles. The maximum atomic E-state index is 12.0. The number of anilines is 1. The lowest BCUT2D eigenvalue weighted by Crippen LogP contribution is -2.37. The van der Waals surface area contributed by atoms with E-state index in [1.165, 1.54) is 0 Å². The molecule has 118 valence electrons. The number of carbonyl (C=O) groups excluding carboxylic acids is 1. The SMILES string of the molecule is COc1ccc(NC(=O)N[C@H](C)Cc2cc(C)[nH]n2)c(Cl)c1. The smallest absolute Gasteiger partial charge is 0.319 e. The molecule has 0 aliphatic rings. The minimum atomic E-state index is -0.313. The number of urea groups is 1. The number of H-pyrrole nitrogens is 1. The van der Waals surface area contributed by atoms with Crippen LogP contribution in [-0.4, -0.2) is 29.4 Å². The van der Waals surface area contributed by atoms with Crippen LogP contribution in [0.15, 0.2) is 24.3 Å². The molecule has 0 aliphatic carbocycles. The van der Waals surface area contributed by atoms with Crippen LogP contribution in [0.1, 0.15) is 18.3 Å². The number of aromatic nitrogens is 2. The van der Waals surface area contributed by atoms with Gasteiger partial charge >= 0.3 is 6.03 Å². The monoisotopic (exact) mass is 322 g/mol. The van der Waals surface area contributed by atoms with Gasteiger partial charge < -0.3 is 15.4 Å². The summed E-state index contributed by atoms with van der Waals surface area (Å²) >= 11 is 6.08. The van der Waals surface area contributed by atoms with E-state index >= 15 is 0 Å². The van der Waals surface area contributed by atoms with Crippen LogP contribution >= 0.6 is 11.6 Å². The molecule has 0 aliphatic heterocycles. The summed E-state index contributed by atoms with van der Waals surface area (Å²) in [4.78, 5) is 12.0. The van der Waals surface area contributed by atoms with E-state index in [2.05, 4.69) is 20.8 Å². The third-order valence-corrected chi connectivity index (χ3v) is 3.39. The zero-order valence-corrected chi connectivity index (χ0v) is 13.5. The van der Waals surface area contributed by atoms with Gasteiger partial charge in [-0.3, -0.25) is 5.10 Å². The maximum absolute atomic E-state index is 12.0. The first-order chi connectivity index (χ1) is 10.5. The highest BCUT2D eigenvalue weighted by atomic mass is 35.5. The van der Waals surface area contributed by atoms with Crippen molar-refractivity contribution in [2.45, 2.75) is 26.3 Å². The number of ether oxygens (including phenoxy) is 1. The number of hydrogen-bond acceptors (Lipinski definition) is 3. The van der Waals surface area contributed by atoms with Gasteiger partial charge in [0.15, 0.2) is 0 Å². The lowest BCUT2D eigenvalue weighted by Gasteiger charge is -2.14. The van der Waals surface area contributed by atoms with Crippen molar-refractivity contribution < 1.29 is 9.53 Å². The third-order valence-electron chi connectivity index (χ3n) is 3.08. The molecule has 22 heavy (non-hydrogen) atoms. The van der Waals surface area contributed by atoms with Crippen LogP contribution in [0.4, 0.5) is 10.5 Å². The second-order valence-electron chi connectivity index (χ2n) is 5.09. The molecule has 3 N–H and O–H groups in total. The van der Waals surface area contributed by atoms with Gasteiger partial charge in [0.05, 0.1) is 23.5 Å². The average molecular weight is 323 g/mol. The predicted molar refractivity (Wildman–Crippen MR) is 86.6 cm³/mol. The van der Waals surface area contributed by atoms with E-state index in [1.54, 1.807) is 25.3 Å². The Morgan fingerprint density at radius 2 is 2.23 bits per heavy atom. The number of halogens is 1. The van der Waals surface area contributed by atoms with E-state index in [9.17, 15) is 4.79 Å². The molecule has 0 saturated heterocycles. The van der Waals surface area contributed by atoms with Gasteiger partial charge in [0.1, 0.15) is 5.75 Å². The molecular weight excluding hydrogens is 304 g/mol. The molecule has 2 amide bonds. The van der Waals surface area contributed by atoms with E-state index in [0.717, 1.165) is 11.4 Å². The fourth-order valence-corrected chi connectivity index (χ4v) is 2.27. The Hall–Kier alpha value is -2.21. The van der Waals surface area contributed by atoms with E-state index in [1.807, 2.05) is 19.9 Å². The summed E-state index contributed by atoms with van der Waals surface area (Å²) in [5.74, 6) is 0.637. The van der Waals surface area contributed by atoms with Crippen molar-refractivity contribution >= 4 is 23.3 Å². The number of rotatable bonds is 5. The van der Waals surface area contributed by atoms with E-state index in [0.29, 0.717) is 22.9 Å². The first kappa shape index (κ1) is 16.2. The van der Waals surface area contributed by atoms with Gasteiger partial charge in [0.25, 0.3) is 0 Å². The summed E-state index contributed by atoms with van der Waals surface area (Å²) in [6.07, 6.45) is 0.647. The number of benzene rings is 1. The third kappa shape index (κ3) is 4.39. The molecule has 0 radical (unpaired) electrons. The predicted octanol–water partition coefficient (Wildman–Crippen LogP) is 3.13. The molecular formula is C15H19ClN4O2. The van der Waals surface area contributed by atoms with E-state index < -0.39 is 0 Å². The lowest BCUT2D eigenvalue weighted by atomic mass is 10.2. The number of hydrogen-bond donors (Lipinski definition) is 3. The molecule has 1 atom stereocenters. The van der Waals surface area contributed by atoms with Crippen LogP contribution in [-0.2, 0) is 6.42 Å². The number of aryl methyl sites for hydroxylation is 1. The van der Waals surface area contributed by atoms with Gasteiger partial charge in [0, 0.05) is 24.2 Å².